The first kappa shape index (κ1) is 20.0. The highest BCUT2D eigenvalue weighted by Crippen LogP contribution is 2.31. The Morgan fingerprint density at radius 2 is 2.04 bits per heavy atom. The highest BCUT2D eigenvalue weighted by Gasteiger charge is 2.20. The van der Waals surface area contributed by atoms with Gasteiger partial charge in [-0.15, -0.1) is 0 Å². The SMILES string of the molecule is COc1cc(N)nc(-c2cc(O)c(C(=O)N/C(C(C)=N)=C(/N)Cl)cc2F)c1. The second-order valence-corrected chi connectivity index (χ2v) is 5.88. The lowest BCUT2D eigenvalue weighted by molar-refractivity contribution is 0.0964. The molecule has 2 aromatic rings. The normalized spacial score (nSPS) is 11.6. The number of aromatic hydroxyl groups is 1. The lowest BCUT2D eigenvalue weighted by atomic mass is 10.0. The number of benzene rings is 1. The van der Waals surface area contributed by atoms with Crippen molar-refractivity contribution >= 4 is 29.0 Å². The van der Waals surface area contributed by atoms with Crippen LogP contribution in [0.25, 0.3) is 11.3 Å². The third-order valence-corrected chi connectivity index (χ3v) is 3.70. The van der Waals surface area contributed by atoms with Gasteiger partial charge in [0.2, 0.25) is 0 Å². The number of nitrogens with two attached hydrogens (primary N) is 2. The first-order valence-electron chi connectivity index (χ1n) is 7.50. The molecule has 1 aromatic carbocycles. The molecular formula is C17H17ClFN5O3. The van der Waals surface area contributed by atoms with Gasteiger partial charge in [0.1, 0.15) is 28.3 Å². The fourth-order valence-corrected chi connectivity index (χ4v) is 2.42. The van der Waals surface area contributed by atoms with Gasteiger partial charge in [0.25, 0.3) is 5.91 Å². The quantitative estimate of drug-likeness (QED) is 0.389. The lowest BCUT2D eigenvalue weighted by Crippen LogP contribution is -2.28. The summed E-state index contributed by atoms with van der Waals surface area (Å²) in [6.45, 7) is 1.35. The summed E-state index contributed by atoms with van der Waals surface area (Å²) in [7, 11) is 1.42. The molecule has 0 atom stereocenters. The minimum Gasteiger partial charge on any atom is -0.507 e. The number of halogens is 2. The van der Waals surface area contributed by atoms with Crippen LogP contribution in [0.3, 0.4) is 0 Å². The van der Waals surface area contributed by atoms with Gasteiger partial charge in [-0.25, -0.2) is 9.37 Å². The molecule has 1 amide bonds. The molecule has 142 valence electrons. The van der Waals surface area contributed by atoms with Crippen LogP contribution in [0.5, 0.6) is 11.5 Å². The summed E-state index contributed by atoms with van der Waals surface area (Å²) in [6.07, 6.45) is 0. The molecule has 0 radical (unpaired) electrons. The van der Waals surface area contributed by atoms with Crippen molar-refractivity contribution in [3.63, 3.8) is 0 Å². The minimum absolute atomic E-state index is 0.0782. The number of amides is 1. The Morgan fingerprint density at radius 1 is 1.37 bits per heavy atom. The van der Waals surface area contributed by atoms with Crippen LogP contribution in [0.2, 0.25) is 0 Å². The number of anilines is 1. The maximum atomic E-state index is 14.6. The number of aromatic nitrogens is 1. The standard InChI is InChI=1S/C17H17ClFN5O3/c1-7(20)15(16(18)22)24-17(26)10-5-11(19)9(6-13(10)25)12-3-8(27-2)4-14(21)23-12/h3-6,20,25H,22H2,1-2H3,(H2,21,23)(H,24,26)/b16-15+,20-7?. The monoisotopic (exact) mass is 393 g/mol. The number of carbonyl (C=O) groups is 1. The molecule has 0 spiro atoms. The van der Waals surface area contributed by atoms with Crippen LogP contribution in [0.15, 0.2) is 35.1 Å². The van der Waals surface area contributed by atoms with Crippen molar-refractivity contribution in [3.8, 4) is 22.8 Å². The Bertz CT molecular complexity index is 958. The summed E-state index contributed by atoms with van der Waals surface area (Å²) >= 11 is 5.62. The topological polar surface area (TPSA) is 147 Å². The molecule has 0 saturated carbocycles. The van der Waals surface area contributed by atoms with Crippen molar-refractivity contribution in [1.29, 1.82) is 5.41 Å². The Hall–Kier alpha value is -3.33. The first-order valence-corrected chi connectivity index (χ1v) is 7.88. The molecule has 7 N–H and O–H groups in total. The summed E-state index contributed by atoms with van der Waals surface area (Å²) in [6, 6.07) is 4.75. The number of pyridine rings is 1. The number of methoxy groups -OCH3 is 1. The van der Waals surface area contributed by atoms with Crippen LogP contribution < -0.4 is 21.5 Å². The summed E-state index contributed by atoms with van der Waals surface area (Å²) in [5, 5.41) is 19.7. The van der Waals surface area contributed by atoms with E-state index in [-0.39, 0.29) is 39.2 Å². The molecule has 0 bridgehead atoms. The molecule has 1 heterocycles. The molecule has 0 aliphatic carbocycles. The molecule has 1 aromatic heterocycles. The second kappa shape index (κ2) is 7.92. The van der Waals surface area contributed by atoms with Gasteiger partial charge in [-0.2, -0.15) is 0 Å². The fourth-order valence-electron chi connectivity index (χ4n) is 2.24. The van der Waals surface area contributed by atoms with Crippen LogP contribution in [0.4, 0.5) is 10.2 Å². The van der Waals surface area contributed by atoms with Crippen molar-refractivity contribution < 1.29 is 19.0 Å². The average Bonchev–Trinajstić information content (AvgIpc) is 2.59. The number of phenolic OH excluding ortho intramolecular Hbond substituents is 1. The average molecular weight is 394 g/mol. The van der Waals surface area contributed by atoms with Crippen LogP contribution in [0, 0.1) is 11.2 Å². The van der Waals surface area contributed by atoms with Gasteiger partial charge in [0, 0.05) is 17.7 Å². The van der Waals surface area contributed by atoms with E-state index < -0.39 is 17.5 Å². The number of hydrogen-bond acceptors (Lipinski definition) is 7. The zero-order valence-corrected chi connectivity index (χ0v) is 15.2. The number of nitrogens with zero attached hydrogens (tertiary/aromatic N) is 1. The zero-order chi connectivity index (χ0) is 20.3. The number of rotatable bonds is 5. The number of ether oxygens (including phenoxy) is 1. The zero-order valence-electron chi connectivity index (χ0n) is 14.4. The van der Waals surface area contributed by atoms with E-state index in [0.29, 0.717) is 5.75 Å². The van der Waals surface area contributed by atoms with Gasteiger partial charge >= 0.3 is 0 Å². The predicted molar refractivity (Wildman–Crippen MR) is 100 cm³/mol. The number of allylic oxidation sites excluding steroid dienone is 1. The van der Waals surface area contributed by atoms with Crippen LogP contribution in [-0.4, -0.2) is 28.8 Å². The highest BCUT2D eigenvalue weighted by atomic mass is 35.5. The second-order valence-electron chi connectivity index (χ2n) is 5.47. The smallest absolute Gasteiger partial charge is 0.259 e. The number of nitrogens with one attached hydrogen (secondary N) is 2. The van der Waals surface area contributed by atoms with Gasteiger partial charge in [-0.05, 0) is 19.1 Å². The van der Waals surface area contributed by atoms with Crippen LogP contribution >= 0.6 is 11.6 Å². The molecule has 0 unspecified atom stereocenters. The Labute approximate surface area is 159 Å². The van der Waals surface area contributed by atoms with Crippen molar-refractivity contribution in [2.24, 2.45) is 5.73 Å². The molecular weight excluding hydrogens is 377 g/mol. The van der Waals surface area contributed by atoms with E-state index in [1.165, 1.54) is 26.2 Å². The third kappa shape index (κ3) is 4.45. The maximum absolute atomic E-state index is 14.6. The van der Waals surface area contributed by atoms with Crippen LogP contribution in [0.1, 0.15) is 17.3 Å². The molecule has 27 heavy (non-hydrogen) atoms. The predicted octanol–water partition coefficient (Wildman–Crippen LogP) is 2.32. The van der Waals surface area contributed by atoms with E-state index in [4.69, 9.17) is 33.2 Å². The van der Waals surface area contributed by atoms with Gasteiger partial charge in [0.15, 0.2) is 0 Å². The molecule has 10 heteroatoms. The molecule has 0 aliphatic rings. The van der Waals surface area contributed by atoms with E-state index in [2.05, 4.69) is 10.3 Å². The van der Waals surface area contributed by atoms with Gasteiger partial charge in [0.05, 0.1) is 29.8 Å². The Kier molecular flexibility index (Phi) is 5.86. The van der Waals surface area contributed by atoms with Crippen LogP contribution in [-0.2, 0) is 0 Å². The summed E-state index contributed by atoms with van der Waals surface area (Å²) < 4.78 is 19.6. The van der Waals surface area contributed by atoms with Crippen molar-refractivity contribution in [1.82, 2.24) is 10.3 Å². The van der Waals surface area contributed by atoms with E-state index in [9.17, 15) is 14.3 Å². The molecule has 0 aliphatic heterocycles. The number of nitrogen functional groups attached to an aromatic ring is 1. The molecule has 0 saturated heterocycles. The van der Waals surface area contributed by atoms with Gasteiger partial charge in [-0.3, -0.25) is 4.79 Å². The number of phenols is 1. The molecule has 0 fully saturated rings. The third-order valence-electron chi connectivity index (χ3n) is 3.51. The van der Waals surface area contributed by atoms with Crippen molar-refractivity contribution in [3.05, 3.63) is 46.5 Å². The maximum Gasteiger partial charge on any atom is 0.259 e. The fraction of sp³-hybridized carbons (Fsp3) is 0.118. The molecule has 2 rings (SSSR count). The number of hydrogen-bond donors (Lipinski definition) is 5. The Morgan fingerprint density at radius 3 is 2.59 bits per heavy atom. The largest absolute Gasteiger partial charge is 0.507 e. The summed E-state index contributed by atoms with van der Waals surface area (Å²) in [5.41, 5.74) is 10.5. The lowest BCUT2D eigenvalue weighted by Gasteiger charge is -2.12. The van der Waals surface area contributed by atoms with E-state index in [0.717, 1.165) is 12.1 Å². The first-order chi connectivity index (χ1) is 12.6. The highest BCUT2D eigenvalue weighted by molar-refractivity contribution is 6.31. The van der Waals surface area contributed by atoms with Gasteiger partial charge < -0.3 is 32.0 Å². The van der Waals surface area contributed by atoms with Crippen molar-refractivity contribution in [2.75, 3.05) is 12.8 Å². The van der Waals surface area contributed by atoms with E-state index in [1.54, 1.807) is 0 Å². The molecule has 8 nitrogen and oxygen atoms in total. The minimum atomic E-state index is -0.888. The van der Waals surface area contributed by atoms with E-state index in [1.807, 2.05) is 0 Å². The van der Waals surface area contributed by atoms with Crippen molar-refractivity contribution in [2.45, 2.75) is 6.92 Å². The van der Waals surface area contributed by atoms with Gasteiger partial charge in [-0.1, -0.05) is 11.6 Å². The number of carbonyl (C=O) groups excluding carboxylic acids is 1. The Balaban J connectivity index is 2.46. The summed E-state index contributed by atoms with van der Waals surface area (Å²) in [4.78, 5) is 16.3. The summed E-state index contributed by atoms with van der Waals surface area (Å²) in [5.74, 6) is -1.77. The van der Waals surface area contributed by atoms with E-state index >= 15 is 0 Å².